The van der Waals surface area contributed by atoms with Gasteiger partial charge in [0.2, 0.25) is 5.69 Å². The Balaban J connectivity index is 1.59. The van der Waals surface area contributed by atoms with E-state index in [0.29, 0.717) is 0 Å². The molecule has 174 valence electrons. The molecule has 0 amide bonds. The molecule has 0 aliphatic carbocycles. The Kier molecular flexibility index (Phi) is 3.55. The molecule has 0 saturated carbocycles. The van der Waals surface area contributed by atoms with E-state index in [9.17, 15) is 0 Å². The predicted molar refractivity (Wildman–Crippen MR) is 146 cm³/mol. The maximum absolute atomic E-state index is 2.58. The Bertz CT molecular complexity index is 1930. The van der Waals surface area contributed by atoms with Crippen LogP contribution in [0.25, 0.3) is 33.7 Å². The van der Waals surface area contributed by atoms with Crippen molar-refractivity contribution in [2.75, 3.05) is 0 Å². The van der Waals surface area contributed by atoms with E-state index in [2.05, 4.69) is 131 Å². The van der Waals surface area contributed by atoms with Crippen molar-refractivity contribution in [2.45, 2.75) is 29.2 Å². The second-order valence-electron chi connectivity index (χ2n) is 10.4. The van der Waals surface area contributed by atoms with Gasteiger partial charge in [0.15, 0.2) is 22.9 Å². The van der Waals surface area contributed by atoms with Gasteiger partial charge in [0, 0.05) is 12.1 Å². The summed E-state index contributed by atoms with van der Waals surface area (Å²) in [7, 11) is 0. The third-order valence-corrected chi connectivity index (χ3v) is 9.40. The number of rotatable bonds is 1. The molecule has 0 bridgehead atoms. The van der Waals surface area contributed by atoms with Crippen LogP contribution in [0.4, 0.5) is 0 Å². The third-order valence-electron chi connectivity index (χ3n) is 8.30. The summed E-state index contributed by atoms with van der Waals surface area (Å²) in [6.07, 6.45) is 2.27. The van der Waals surface area contributed by atoms with Crippen LogP contribution >= 0.6 is 11.8 Å². The van der Waals surface area contributed by atoms with Gasteiger partial charge in [-0.1, -0.05) is 48.2 Å². The molecule has 0 N–H and O–H groups in total. The minimum absolute atomic E-state index is 0.475. The average molecular weight is 494 g/mol. The van der Waals surface area contributed by atoms with Gasteiger partial charge in [-0.25, -0.2) is 0 Å². The van der Waals surface area contributed by atoms with E-state index in [4.69, 9.17) is 0 Å². The third kappa shape index (κ3) is 2.19. The van der Waals surface area contributed by atoms with E-state index in [1.165, 1.54) is 71.5 Å². The number of para-hydroxylation sites is 2. The van der Waals surface area contributed by atoms with Gasteiger partial charge in [-0.2, -0.15) is 13.7 Å². The first-order valence-electron chi connectivity index (χ1n) is 12.8. The average Bonchev–Trinajstić information content (AvgIpc) is 3.51. The lowest BCUT2D eigenvalue weighted by molar-refractivity contribution is -0.733. The number of imidazole rings is 1. The van der Waals surface area contributed by atoms with Crippen LogP contribution in [0.1, 0.15) is 28.1 Å². The number of aryl methyl sites for hydroxylation is 2. The Morgan fingerprint density at radius 2 is 1.49 bits per heavy atom. The van der Waals surface area contributed by atoms with Crippen LogP contribution in [0.5, 0.6) is 0 Å². The summed E-state index contributed by atoms with van der Waals surface area (Å²) in [5, 5.41) is 0. The lowest BCUT2D eigenvalue weighted by atomic mass is 9.83. The molecule has 37 heavy (non-hydrogen) atoms. The van der Waals surface area contributed by atoms with Crippen molar-refractivity contribution in [3.63, 3.8) is 0 Å². The highest BCUT2D eigenvalue weighted by Crippen LogP contribution is 2.55. The Labute approximate surface area is 219 Å². The van der Waals surface area contributed by atoms with E-state index in [1.807, 2.05) is 11.8 Å². The van der Waals surface area contributed by atoms with Crippen molar-refractivity contribution < 1.29 is 9.13 Å². The number of benzene rings is 4. The Morgan fingerprint density at radius 3 is 2.38 bits per heavy atom. The number of hydrogen-bond acceptors (Lipinski definition) is 1. The second-order valence-corrected chi connectivity index (χ2v) is 11.5. The first-order valence-corrected chi connectivity index (χ1v) is 13.6. The summed E-state index contributed by atoms with van der Waals surface area (Å²) in [5.74, 6) is 1.28. The van der Waals surface area contributed by atoms with Crippen molar-refractivity contribution in [1.29, 1.82) is 0 Å². The smallest absolute Gasteiger partial charge is 0.185 e. The first-order chi connectivity index (χ1) is 18.2. The van der Waals surface area contributed by atoms with Crippen molar-refractivity contribution in [3.05, 3.63) is 131 Å². The predicted octanol–water partition coefficient (Wildman–Crippen LogP) is 6.41. The fourth-order valence-corrected chi connectivity index (χ4v) is 8.30. The van der Waals surface area contributed by atoms with Gasteiger partial charge in [-0.15, -0.1) is 0 Å². The zero-order valence-electron chi connectivity index (χ0n) is 20.6. The first kappa shape index (κ1) is 20.0. The maximum Gasteiger partial charge on any atom is 0.352 e. The lowest BCUT2D eigenvalue weighted by Gasteiger charge is -2.20. The fourth-order valence-electron chi connectivity index (χ4n) is 7.18. The van der Waals surface area contributed by atoms with E-state index >= 15 is 0 Å². The maximum atomic E-state index is 2.58. The van der Waals surface area contributed by atoms with Gasteiger partial charge in [0.25, 0.3) is 0 Å². The van der Waals surface area contributed by atoms with Crippen LogP contribution < -0.4 is 9.13 Å². The number of pyridine rings is 1. The van der Waals surface area contributed by atoms with Crippen LogP contribution in [-0.2, 0) is 5.54 Å². The quantitative estimate of drug-likeness (QED) is 0.241. The van der Waals surface area contributed by atoms with Crippen LogP contribution in [-0.4, -0.2) is 4.57 Å². The summed E-state index contributed by atoms with van der Waals surface area (Å²) >= 11 is 1.90. The molecule has 3 aliphatic heterocycles. The molecule has 2 aromatic heterocycles. The summed E-state index contributed by atoms with van der Waals surface area (Å²) < 4.78 is 7.64. The molecule has 1 atom stereocenters. The van der Waals surface area contributed by atoms with Gasteiger partial charge in [0.05, 0.1) is 26.5 Å². The molecule has 0 saturated heterocycles. The largest absolute Gasteiger partial charge is 0.352 e. The summed E-state index contributed by atoms with van der Waals surface area (Å²) in [5.41, 5.74) is 12.4. The van der Waals surface area contributed by atoms with Gasteiger partial charge in [-0.05, 0) is 73.5 Å². The van der Waals surface area contributed by atoms with Crippen molar-refractivity contribution in [3.8, 4) is 22.6 Å². The molecule has 1 spiro atoms. The minimum Gasteiger partial charge on any atom is -0.185 e. The topological polar surface area (TPSA) is 12.7 Å². The minimum atomic E-state index is -0.475. The van der Waals surface area contributed by atoms with Crippen LogP contribution in [0.2, 0.25) is 0 Å². The summed E-state index contributed by atoms with van der Waals surface area (Å²) in [4.78, 5) is 2.63. The van der Waals surface area contributed by atoms with E-state index < -0.39 is 5.54 Å². The standard InChI is InChI=1S/C33H23N3S/c1-20-17-21(2)19-22(18-20)35-27-13-8-15-29-31(27)36-30-25(11-7-14-28(30)37-29)33(32(35)36)24-10-4-3-9-23(24)26-12-5-6-16-34(26)33/h3-19H,1-2H3/q+2. The zero-order valence-corrected chi connectivity index (χ0v) is 21.4. The monoisotopic (exact) mass is 493 g/mol. The zero-order chi connectivity index (χ0) is 24.5. The van der Waals surface area contributed by atoms with Gasteiger partial charge in [-0.3, -0.25) is 0 Å². The van der Waals surface area contributed by atoms with Crippen LogP contribution in [0, 0.1) is 13.8 Å². The molecule has 0 radical (unpaired) electrons. The van der Waals surface area contributed by atoms with E-state index in [-0.39, 0.29) is 0 Å². The highest BCUT2D eigenvalue weighted by atomic mass is 32.2. The Hall–Kier alpha value is -4.15. The lowest BCUT2D eigenvalue weighted by Crippen LogP contribution is -2.57. The molecular weight excluding hydrogens is 470 g/mol. The molecule has 5 heterocycles. The molecule has 3 nitrogen and oxygen atoms in total. The molecule has 0 fully saturated rings. The highest BCUT2D eigenvalue weighted by Gasteiger charge is 2.68. The summed E-state index contributed by atoms with van der Waals surface area (Å²) in [6.45, 7) is 4.40. The van der Waals surface area contributed by atoms with Gasteiger partial charge < -0.3 is 0 Å². The normalized spacial score (nSPS) is 17.5. The van der Waals surface area contributed by atoms with Crippen molar-refractivity contribution in [1.82, 2.24) is 4.57 Å². The highest BCUT2D eigenvalue weighted by molar-refractivity contribution is 7.99. The molecule has 1 unspecified atom stereocenters. The molecule has 4 heteroatoms. The fraction of sp³-hybridized carbons (Fsp3) is 0.0909. The van der Waals surface area contributed by atoms with Crippen LogP contribution in [0.3, 0.4) is 0 Å². The SMILES string of the molecule is Cc1cc(C)cc(-n2c3[n+]4c5c(cccc52)Sc2cccc(c2-4)C32c3ccccc3-c3cccc[n+]32)c1. The van der Waals surface area contributed by atoms with Crippen molar-refractivity contribution >= 4 is 22.8 Å². The van der Waals surface area contributed by atoms with Crippen molar-refractivity contribution in [2.24, 2.45) is 0 Å². The number of nitrogens with zero attached hydrogens (tertiary/aromatic N) is 3. The molecular formula is C33H23N3S+2. The molecule has 4 aromatic carbocycles. The molecule has 3 aliphatic rings. The van der Waals surface area contributed by atoms with Crippen LogP contribution in [0.15, 0.2) is 113 Å². The van der Waals surface area contributed by atoms with Gasteiger partial charge >= 0.3 is 11.4 Å². The number of aromatic nitrogens is 3. The second kappa shape index (κ2) is 6.58. The molecule has 9 rings (SSSR count). The van der Waals surface area contributed by atoms with Gasteiger partial charge in [0.1, 0.15) is 5.69 Å². The van der Waals surface area contributed by atoms with E-state index in [0.717, 1.165) is 0 Å². The summed E-state index contributed by atoms with van der Waals surface area (Å²) in [6, 6.07) is 36.2. The number of hydrogen-bond donors (Lipinski definition) is 0. The number of fused-ring (bicyclic) bond motifs is 7. The van der Waals surface area contributed by atoms with E-state index in [1.54, 1.807) is 0 Å². The Morgan fingerprint density at radius 1 is 0.730 bits per heavy atom. The molecule has 6 aromatic rings.